The minimum Gasteiger partial charge on any atom is -0.467 e. The number of pyridine rings is 1. The first-order valence-corrected chi connectivity index (χ1v) is 7.42. The van der Waals surface area contributed by atoms with Gasteiger partial charge in [0.2, 0.25) is 0 Å². The Morgan fingerprint density at radius 1 is 1.24 bits per heavy atom. The Kier molecular flexibility index (Phi) is 6.76. The molecule has 0 saturated heterocycles. The number of nitrogens with zero attached hydrogens (tertiary/aromatic N) is 2. The molecule has 0 amide bonds. The third-order valence-electron chi connectivity index (χ3n) is 3.39. The van der Waals surface area contributed by atoms with Gasteiger partial charge in [-0.3, -0.25) is 14.7 Å². The molecule has 5 nitrogen and oxygen atoms in total. The van der Waals surface area contributed by atoms with Crippen molar-refractivity contribution in [1.29, 1.82) is 0 Å². The molecular weight excluding hydrogens is 337 g/mol. The third kappa shape index (κ3) is 5.75. The van der Waals surface area contributed by atoms with E-state index in [0.717, 1.165) is 11.6 Å². The van der Waals surface area contributed by atoms with Crippen molar-refractivity contribution in [2.75, 3.05) is 20.2 Å². The Morgan fingerprint density at radius 3 is 2.76 bits per heavy atom. The van der Waals surface area contributed by atoms with E-state index < -0.39 is 18.2 Å². The summed E-state index contributed by atoms with van der Waals surface area (Å²) in [7, 11) is 1.85. The number of ether oxygens (including phenoxy) is 2. The van der Waals surface area contributed by atoms with Crippen molar-refractivity contribution in [1.82, 2.24) is 9.88 Å². The Hall–Kier alpha value is -2.61. The molecule has 134 valence electrons. The molecule has 0 aliphatic heterocycles. The van der Waals surface area contributed by atoms with Gasteiger partial charge in [-0.25, -0.2) is 4.39 Å². The van der Waals surface area contributed by atoms with Crippen molar-refractivity contribution < 1.29 is 27.4 Å². The molecule has 0 fully saturated rings. The summed E-state index contributed by atoms with van der Waals surface area (Å²) in [5, 5.41) is 0. The highest BCUT2D eigenvalue weighted by molar-refractivity contribution is 5.65. The van der Waals surface area contributed by atoms with Crippen LogP contribution in [0.5, 0.6) is 5.75 Å². The van der Waals surface area contributed by atoms with Gasteiger partial charge in [0.05, 0.1) is 0 Å². The fourth-order valence-electron chi connectivity index (χ4n) is 2.25. The SMILES string of the molecule is CN(CCOC=O)Cc1cncc(-c2ccc(F)c(OC(F)F)c2)c1. The van der Waals surface area contributed by atoms with E-state index in [0.29, 0.717) is 30.7 Å². The van der Waals surface area contributed by atoms with Crippen molar-refractivity contribution in [3.63, 3.8) is 0 Å². The zero-order chi connectivity index (χ0) is 18.2. The highest BCUT2D eigenvalue weighted by Gasteiger charge is 2.12. The molecule has 0 N–H and O–H groups in total. The number of hydrogen-bond donors (Lipinski definition) is 0. The molecule has 0 saturated carbocycles. The topological polar surface area (TPSA) is 51.7 Å². The van der Waals surface area contributed by atoms with E-state index in [-0.39, 0.29) is 6.61 Å². The first-order valence-electron chi connectivity index (χ1n) is 7.42. The maximum Gasteiger partial charge on any atom is 0.387 e. The molecule has 2 aromatic rings. The van der Waals surface area contributed by atoms with Crippen LogP contribution >= 0.6 is 0 Å². The first kappa shape index (κ1) is 18.7. The van der Waals surface area contributed by atoms with E-state index in [1.54, 1.807) is 12.4 Å². The molecular formula is C17H17F3N2O3. The van der Waals surface area contributed by atoms with Gasteiger partial charge in [0.25, 0.3) is 6.47 Å². The number of carbonyl (C=O) groups excluding carboxylic acids is 1. The quantitative estimate of drug-likeness (QED) is 0.512. The molecule has 0 unspecified atom stereocenters. The van der Waals surface area contributed by atoms with Crippen LogP contribution in [0.4, 0.5) is 13.2 Å². The van der Waals surface area contributed by atoms with Gasteiger partial charge < -0.3 is 9.47 Å². The predicted molar refractivity (Wildman–Crippen MR) is 84.6 cm³/mol. The number of rotatable bonds is 9. The Balaban J connectivity index is 2.14. The van der Waals surface area contributed by atoms with Gasteiger partial charge in [-0.1, -0.05) is 6.07 Å². The average molecular weight is 354 g/mol. The second-order valence-corrected chi connectivity index (χ2v) is 5.31. The van der Waals surface area contributed by atoms with E-state index in [4.69, 9.17) is 0 Å². The molecule has 0 atom stereocenters. The van der Waals surface area contributed by atoms with Crippen LogP contribution in [0.2, 0.25) is 0 Å². The molecule has 1 heterocycles. The van der Waals surface area contributed by atoms with E-state index in [9.17, 15) is 18.0 Å². The molecule has 0 bridgehead atoms. The molecule has 1 aromatic carbocycles. The third-order valence-corrected chi connectivity index (χ3v) is 3.39. The number of halogens is 3. The molecule has 0 radical (unpaired) electrons. The average Bonchev–Trinajstić information content (AvgIpc) is 2.57. The van der Waals surface area contributed by atoms with Crippen LogP contribution < -0.4 is 4.74 Å². The number of likely N-dealkylation sites (N-methyl/N-ethyl adjacent to an activating group) is 1. The largest absolute Gasteiger partial charge is 0.467 e. The molecule has 1 aromatic heterocycles. The maximum absolute atomic E-state index is 13.5. The fraction of sp³-hybridized carbons (Fsp3) is 0.294. The number of hydrogen-bond acceptors (Lipinski definition) is 5. The summed E-state index contributed by atoms with van der Waals surface area (Å²) in [6, 6.07) is 5.58. The van der Waals surface area contributed by atoms with Crippen molar-refractivity contribution in [3.8, 4) is 16.9 Å². The smallest absolute Gasteiger partial charge is 0.387 e. The van der Waals surface area contributed by atoms with Crippen LogP contribution in [-0.2, 0) is 16.1 Å². The fourth-order valence-corrected chi connectivity index (χ4v) is 2.25. The summed E-state index contributed by atoms with van der Waals surface area (Å²) in [6.45, 7) is -1.34. The van der Waals surface area contributed by atoms with E-state index >= 15 is 0 Å². The van der Waals surface area contributed by atoms with Crippen LogP contribution in [0.25, 0.3) is 11.1 Å². The van der Waals surface area contributed by atoms with Crippen LogP contribution in [0.15, 0.2) is 36.7 Å². The minimum atomic E-state index is -3.10. The molecule has 0 aliphatic rings. The highest BCUT2D eigenvalue weighted by Crippen LogP contribution is 2.27. The Morgan fingerprint density at radius 2 is 2.04 bits per heavy atom. The Bertz CT molecular complexity index is 713. The van der Waals surface area contributed by atoms with Gasteiger partial charge in [-0.2, -0.15) is 8.78 Å². The minimum absolute atomic E-state index is 0.277. The van der Waals surface area contributed by atoms with Gasteiger partial charge in [0.1, 0.15) is 6.61 Å². The number of benzene rings is 1. The second kappa shape index (κ2) is 9.03. The molecule has 0 aliphatic carbocycles. The van der Waals surface area contributed by atoms with Gasteiger partial charge >= 0.3 is 6.61 Å². The number of aromatic nitrogens is 1. The lowest BCUT2D eigenvalue weighted by atomic mass is 10.1. The summed E-state index contributed by atoms with van der Waals surface area (Å²) in [6.07, 6.45) is 3.22. The van der Waals surface area contributed by atoms with Crippen molar-refractivity contribution in [3.05, 3.63) is 48.0 Å². The van der Waals surface area contributed by atoms with E-state index in [2.05, 4.69) is 14.5 Å². The lowest BCUT2D eigenvalue weighted by Crippen LogP contribution is -2.22. The lowest BCUT2D eigenvalue weighted by Gasteiger charge is -2.16. The van der Waals surface area contributed by atoms with E-state index in [1.165, 1.54) is 12.1 Å². The maximum atomic E-state index is 13.5. The van der Waals surface area contributed by atoms with Gasteiger partial charge in [-0.15, -0.1) is 0 Å². The number of carbonyl (C=O) groups is 1. The summed E-state index contributed by atoms with van der Waals surface area (Å²) in [5.74, 6) is -1.37. The molecule has 25 heavy (non-hydrogen) atoms. The van der Waals surface area contributed by atoms with Crippen LogP contribution in [-0.4, -0.2) is 43.2 Å². The zero-order valence-electron chi connectivity index (χ0n) is 13.5. The predicted octanol–water partition coefficient (Wildman–Crippen LogP) is 3.09. The van der Waals surface area contributed by atoms with Gasteiger partial charge in [-0.05, 0) is 36.4 Å². The summed E-state index contributed by atoms with van der Waals surface area (Å²) in [4.78, 5) is 16.2. The lowest BCUT2D eigenvalue weighted by molar-refractivity contribution is -0.129. The van der Waals surface area contributed by atoms with Gasteiger partial charge in [0, 0.05) is 31.0 Å². The molecule has 2 rings (SSSR count). The van der Waals surface area contributed by atoms with Crippen molar-refractivity contribution in [2.24, 2.45) is 0 Å². The second-order valence-electron chi connectivity index (χ2n) is 5.31. The highest BCUT2D eigenvalue weighted by atomic mass is 19.3. The van der Waals surface area contributed by atoms with E-state index in [1.807, 2.05) is 18.0 Å². The van der Waals surface area contributed by atoms with Crippen LogP contribution in [0, 0.1) is 5.82 Å². The summed E-state index contributed by atoms with van der Waals surface area (Å²) < 4.78 is 47.0. The standard InChI is InChI=1S/C17H17F3N2O3/c1-22(4-5-24-11-23)10-12-6-14(9-21-8-12)13-2-3-15(18)16(7-13)25-17(19)20/h2-3,6-9,11,17H,4-5,10H2,1H3. The van der Waals surface area contributed by atoms with Crippen LogP contribution in [0.1, 0.15) is 5.56 Å². The van der Waals surface area contributed by atoms with Crippen LogP contribution in [0.3, 0.4) is 0 Å². The van der Waals surface area contributed by atoms with Crippen molar-refractivity contribution >= 4 is 6.47 Å². The van der Waals surface area contributed by atoms with Crippen molar-refractivity contribution in [2.45, 2.75) is 13.2 Å². The zero-order valence-corrected chi connectivity index (χ0v) is 13.5. The molecule has 0 spiro atoms. The van der Waals surface area contributed by atoms with Gasteiger partial charge in [0.15, 0.2) is 11.6 Å². The Labute approximate surface area is 143 Å². The molecule has 8 heteroatoms. The monoisotopic (exact) mass is 354 g/mol. The summed E-state index contributed by atoms with van der Waals surface area (Å²) >= 11 is 0. The summed E-state index contributed by atoms with van der Waals surface area (Å²) in [5.41, 5.74) is 2.03. The number of alkyl halides is 2. The normalized spacial score (nSPS) is 11.0. The first-order chi connectivity index (χ1) is 12.0.